The summed E-state index contributed by atoms with van der Waals surface area (Å²) in [4.78, 5) is 15.4. The molecule has 9 heteroatoms. The summed E-state index contributed by atoms with van der Waals surface area (Å²) in [6.07, 6.45) is 2.64. The van der Waals surface area contributed by atoms with Gasteiger partial charge in [-0.25, -0.2) is 13.4 Å². The van der Waals surface area contributed by atoms with Gasteiger partial charge in [0.25, 0.3) is 10.0 Å². The molecule has 1 aromatic heterocycles. The number of carbonyl (C=O) groups excluding carboxylic acids is 1. The Bertz CT molecular complexity index is 545. The Hall–Kier alpha value is -0.700. The number of carbonyl (C=O) groups is 1. The summed E-state index contributed by atoms with van der Waals surface area (Å²) in [5.74, 6) is -0.306. The van der Waals surface area contributed by atoms with E-state index in [1.54, 1.807) is 0 Å². The van der Waals surface area contributed by atoms with Crippen molar-refractivity contribution in [1.82, 2.24) is 14.6 Å². The maximum Gasteiger partial charge on any atom is 0.254 e. The van der Waals surface area contributed by atoms with Crippen molar-refractivity contribution in [3.8, 4) is 0 Å². The van der Waals surface area contributed by atoms with Gasteiger partial charge < -0.3 is 5.32 Å². The van der Waals surface area contributed by atoms with Crippen LogP contribution in [-0.4, -0.2) is 43.2 Å². The fourth-order valence-corrected chi connectivity index (χ4v) is 4.44. The monoisotopic (exact) mass is 339 g/mol. The van der Waals surface area contributed by atoms with Gasteiger partial charge in [0.1, 0.15) is 0 Å². The van der Waals surface area contributed by atoms with E-state index in [4.69, 9.17) is 11.6 Å². The molecule has 0 radical (unpaired) electrons. The van der Waals surface area contributed by atoms with Crippen molar-refractivity contribution in [2.75, 3.05) is 19.6 Å². The van der Waals surface area contributed by atoms with E-state index in [0.717, 1.165) is 22.1 Å². The molecule has 20 heavy (non-hydrogen) atoms. The number of halogens is 1. The third-order valence-electron chi connectivity index (χ3n) is 2.42. The first-order valence-corrected chi connectivity index (χ1v) is 8.93. The second-order valence-electron chi connectivity index (χ2n) is 4.12. The lowest BCUT2D eigenvalue weighted by molar-refractivity contribution is -0.121. The van der Waals surface area contributed by atoms with Crippen LogP contribution in [0.4, 0.5) is 0 Å². The molecule has 1 rings (SSSR count). The Balaban J connectivity index is 2.86. The molecule has 0 aliphatic heterocycles. The molecule has 114 valence electrons. The molecule has 0 unspecified atom stereocenters. The van der Waals surface area contributed by atoms with Crippen LogP contribution in [0.3, 0.4) is 0 Å². The molecule has 1 heterocycles. The first kappa shape index (κ1) is 17.4. The van der Waals surface area contributed by atoms with Gasteiger partial charge in [0.05, 0.1) is 12.7 Å². The molecular formula is C11H18ClN3O3S2. The van der Waals surface area contributed by atoms with E-state index in [1.807, 2.05) is 13.8 Å². The number of aromatic nitrogens is 1. The lowest BCUT2D eigenvalue weighted by atomic mass is 10.4. The fraction of sp³-hybridized carbons (Fsp3) is 0.636. The SMILES string of the molecule is CCCNC(=O)CN(CCC)S(=O)(=O)c1cnc(Cl)s1. The number of thiazole rings is 1. The van der Waals surface area contributed by atoms with Gasteiger partial charge in [0, 0.05) is 13.1 Å². The maximum absolute atomic E-state index is 12.4. The topological polar surface area (TPSA) is 79.4 Å². The van der Waals surface area contributed by atoms with Crippen LogP contribution in [0.25, 0.3) is 0 Å². The normalized spacial score (nSPS) is 11.8. The van der Waals surface area contributed by atoms with E-state index >= 15 is 0 Å². The zero-order chi connectivity index (χ0) is 15.2. The number of hydrogen-bond donors (Lipinski definition) is 1. The van der Waals surface area contributed by atoms with Crippen molar-refractivity contribution in [3.05, 3.63) is 10.7 Å². The van der Waals surface area contributed by atoms with Gasteiger partial charge in [-0.1, -0.05) is 36.8 Å². The summed E-state index contributed by atoms with van der Waals surface area (Å²) in [6, 6.07) is 0. The quantitative estimate of drug-likeness (QED) is 0.782. The van der Waals surface area contributed by atoms with E-state index in [0.29, 0.717) is 13.0 Å². The van der Waals surface area contributed by atoms with Crippen LogP contribution >= 0.6 is 22.9 Å². The zero-order valence-corrected chi connectivity index (χ0v) is 13.8. The number of hydrogen-bond acceptors (Lipinski definition) is 5. The summed E-state index contributed by atoms with van der Waals surface area (Å²) in [6.45, 7) is 4.40. The van der Waals surface area contributed by atoms with Gasteiger partial charge in [0.2, 0.25) is 5.91 Å². The van der Waals surface area contributed by atoms with Gasteiger partial charge in [-0.05, 0) is 12.8 Å². The predicted octanol–water partition coefficient (Wildman–Crippen LogP) is 1.72. The van der Waals surface area contributed by atoms with Crippen LogP contribution in [0.5, 0.6) is 0 Å². The van der Waals surface area contributed by atoms with Gasteiger partial charge in [-0.2, -0.15) is 4.31 Å². The van der Waals surface area contributed by atoms with Crippen LogP contribution in [0.1, 0.15) is 26.7 Å². The van der Waals surface area contributed by atoms with Crippen molar-refractivity contribution < 1.29 is 13.2 Å². The highest BCUT2D eigenvalue weighted by atomic mass is 35.5. The highest BCUT2D eigenvalue weighted by Crippen LogP contribution is 2.25. The number of nitrogens with one attached hydrogen (secondary N) is 1. The smallest absolute Gasteiger partial charge is 0.254 e. The number of amides is 1. The van der Waals surface area contributed by atoms with Gasteiger partial charge in [0.15, 0.2) is 8.68 Å². The van der Waals surface area contributed by atoms with E-state index in [1.165, 1.54) is 6.20 Å². The molecule has 0 aliphatic rings. The second-order valence-corrected chi connectivity index (χ2v) is 7.90. The molecule has 0 bridgehead atoms. The zero-order valence-electron chi connectivity index (χ0n) is 11.4. The van der Waals surface area contributed by atoms with Crippen molar-refractivity contribution >= 4 is 38.9 Å². The first-order chi connectivity index (χ1) is 9.41. The van der Waals surface area contributed by atoms with Crippen LogP contribution in [-0.2, 0) is 14.8 Å². The summed E-state index contributed by atoms with van der Waals surface area (Å²) >= 11 is 6.55. The van der Waals surface area contributed by atoms with Crippen molar-refractivity contribution in [3.63, 3.8) is 0 Å². The molecule has 0 aliphatic carbocycles. The van der Waals surface area contributed by atoms with E-state index in [9.17, 15) is 13.2 Å². The Morgan fingerprint density at radius 3 is 2.65 bits per heavy atom. The summed E-state index contributed by atoms with van der Waals surface area (Å²) < 4.78 is 26.2. The fourth-order valence-electron chi connectivity index (χ4n) is 1.50. The summed E-state index contributed by atoms with van der Waals surface area (Å²) in [5.41, 5.74) is 0. The Morgan fingerprint density at radius 1 is 1.45 bits per heavy atom. The van der Waals surface area contributed by atoms with Gasteiger partial charge >= 0.3 is 0 Å². The molecule has 1 aromatic rings. The van der Waals surface area contributed by atoms with Crippen molar-refractivity contribution in [2.24, 2.45) is 0 Å². The molecule has 0 atom stereocenters. The lowest BCUT2D eigenvalue weighted by Gasteiger charge is -2.19. The van der Waals surface area contributed by atoms with E-state index in [-0.39, 0.29) is 27.7 Å². The standard InChI is InChI=1S/C11H18ClN3O3S2/c1-3-5-13-9(16)8-15(6-4-2)20(17,18)10-7-14-11(12)19-10/h7H,3-6,8H2,1-2H3,(H,13,16). The molecule has 0 saturated carbocycles. The third kappa shape index (κ3) is 4.69. The highest BCUT2D eigenvalue weighted by molar-refractivity contribution is 7.91. The van der Waals surface area contributed by atoms with Crippen LogP contribution < -0.4 is 5.32 Å². The molecule has 0 aromatic carbocycles. The summed E-state index contributed by atoms with van der Waals surface area (Å²) in [7, 11) is -3.72. The van der Waals surface area contributed by atoms with E-state index in [2.05, 4.69) is 10.3 Å². The van der Waals surface area contributed by atoms with Crippen LogP contribution in [0, 0.1) is 0 Å². The minimum atomic E-state index is -3.72. The van der Waals surface area contributed by atoms with Crippen molar-refractivity contribution in [2.45, 2.75) is 30.9 Å². The number of sulfonamides is 1. The molecular weight excluding hydrogens is 322 g/mol. The van der Waals surface area contributed by atoms with Gasteiger partial charge in [-0.3, -0.25) is 4.79 Å². The Labute approximate surface area is 128 Å². The van der Waals surface area contributed by atoms with Crippen LogP contribution in [0.2, 0.25) is 4.47 Å². The molecule has 6 nitrogen and oxygen atoms in total. The Kier molecular flexibility index (Phi) is 6.87. The molecule has 1 N–H and O–H groups in total. The predicted molar refractivity (Wildman–Crippen MR) is 79.5 cm³/mol. The number of rotatable bonds is 8. The minimum absolute atomic E-state index is 0.0549. The lowest BCUT2D eigenvalue weighted by Crippen LogP contribution is -2.41. The summed E-state index contributed by atoms with van der Waals surface area (Å²) in [5, 5.41) is 2.67. The second kappa shape index (κ2) is 7.92. The average Bonchev–Trinajstić information content (AvgIpc) is 2.83. The molecule has 1 amide bonds. The largest absolute Gasteiger partial charge is 0.355 e. The Morgan fingerprint density at radius 2 is 2.15 bits per heavy atom. The third-order valence-corrected chi connectivity index (χ3v) is 5.81. The highest BCUT2D eigenvalue weighted by Gasteiger charge is 2.27. The minimum Gasteiger partial charge on any atom is -0.355 e. The maximum atomic E-state index is 12.4. The van der Waals surface area contributed by atoms with Crippen molar-refractivity contribution in [1.29, 1.82) is 0 Å². The molecule has 0 fully saturated rings. The molecule has 0 saturated heterocycles. The average molecular weight is 340 g/mol. The number of nitrogens with zero attached hydrogens (tertiary/aromatic N) is 2. The van der Waals surface area contributed by atoms with E-state index < -0.39 is 10.0 Å². The first-order valence-electron chi connectivity index (χ1n) is 6.30. The van der Waals surface area contributed by atoms with Crippen LogP contribution in [0.15, 0.2) is 10.4 Å². The van der Waals surface area contributed by atoms with Gasteiger partial charge in [-0.15, -0.1) is 0 Å². The molecule has 0 spiro atoms.